The lowest BCUT2D eigenvalue weighted by atomic mass is 10.2. The minimum atomic E-state index is -2.25. The van der Waals surface area contributed by atoms with E-state index < -0.39 is 14.0 Å². The van der Waals surface area contributed by atoms with Gasteiger partial charge in [-0.1, -0.05) is 60.7 Å². The Balaban J connectivity index is 0. The van der Waals surface area contributed by atoms with Crippen LogP contribution in [0.15, 0.2) is 60.7 Å². The molecule has 0 fully saturated rings. The van der Waals surface area contributed by atoms with Crippen molar-refractivity contribution < 1.29 is 13.0 Å². The number of hydrogen-bond donors (Lipinski definition) is 2. The summed E-state index contributed by atoms with van der Waals surface area (Å²) in [5.41, 5.74) is 6.06. The Bertz CT molecular complexity index is 585. The van der Waals surface area contributed by atoms with Crippen molar-refractivity contribution in [1.29, 1.82) is 0 Å². The van der Waals surface area contributed by atoms with Gasteiger partial charge in [0.15, 0.2) is 0 Å². The second kappa shape index (κ2) is 15.4. The van der Waals surface area contributed by atoms with Crippen LogP contribution in [0, 0.1) is 0 Å². The molecule has 0 saturated carbocycles. The van der Waals surface area contributed by atoms with E-state index >= 15 is 0 Å². The zero-order valence-corrected chi connectivity index (χ0v) is 11.8. The van der Waals surface area contributed by atoms with Crippen LogP contribution < -0.4 is 11.1 Å². The predicted octanol–water partition coefficient (Wildman–Crippen LogP) is 2.90. The maximum Gasteiger partial charge on any atom is 0.150 e. The van der Waals surface area contributed by atoms with E-state index in [-0.39, 0.29) is 12.4 Å². The van der Waals surface area contributed by atoms with Crippen LogP contribution in [0.5, 0.6) is 0 Å². The fraction of sp³-hybridized carbons (Fsp3) is 0.188. The number of nitrogens with one attached hydrogen (secondary N) is 1. The molecule has 0 bridgehead atoms. The van der Waals surface area contributed by atoms with Gasteiger partial charge in [-0.2, -0.15) is 0 Å². The molecule has 0 spiro atoms. The average Bonchev–Trinajstić information content (AvgIpc) is 2.53. The summed E-state index contributed by atoms with van der Waals surface area (Å²) >= 11 is 0. The van der Waals surface area contributed by atoms with Gasteiger partial charge in [0.05, 0.1) is 0 Å². The number of hydrogen-bond acceptors (Lipinski definition) is 3. The van der Waals surface area contributed by atoms with E-state index in [2.05, 4.69) is 11.1 Å². The normalized spacial score (nSPS) is 13.7. The van der Waals surface area contributed by atoms with Crippen LogP contribution in [-0.4, -0.2) is 20.2 Å². The van der Waals surface area contributed by atoms with E-state index in [4.69, 9.17) is 8.22 Å². The minimum absolute atomic E-state index is 0. The second-order valence-corrected chi connectivity index (χ2v) is 3.37. The largest absolute Gasteiger partial charge is 0.333 e. The predicted molar refractivity (Wildman–Crippen MR) is 88.4 cm³/mol. The molecule has 3 N–H and O–H groups in total. The minimum Gasteiger partial charge on any atom is -0.333 e. The van der Waals surface area contributed by atoms with Gasteiger partial charge >= 0.3 is 0 Å². The number of aldehydes is 1. The SMILES string of the molecule is Cl.O=Cc1ccccc1.[2H]C([2H])([2H])N.[2H]C([2H])([2H])NCc1ccccc1. The number of rotatable bonds is 3. The number of halogens is 1. The molecule has 0 unspecified atom stereocenters. The highest BCUT2D eigenvalue weighted by atomic mass is 35.5. The third-order valence-electron chi connectivity index (χ3n) is 2.07. The molecule has 0 aromatic heterocycles. The van der Waals surface area contributed by atoms with Gasteiger partial charge in [0.25, 0.3) is 0 Å². The Kier molecular flexibility index (Phi) is 8.48. The Morgan fingerprint density at radius 3 is 2.00 bits per heavy atom. The van der Waals surface area contributed by atoms with Gasteiger partial charge in [-0.05, 0) is 19.5 Å². The van der Waals surface area contributed by atoms with Crippen molar-refractivity contribution >= 4 is 18.7 Å². The van der Waals surface area contributed by atoms with Crippen molar-refractivity contribution in [2.24, 2.45) is 5.73 Å². The molecule has 2 aromatic rings. The van der Waals surface area contributed by atoms with Crippen molar-refractivity contribution in [2.75, 3.05) is 14.0 Å². The number of benzene rings is 2. The molecule has 4 heteroatoms. The first-order chi connectivity index (χ1) is 11.5. The van der Waals surface area contributed by atoms with Crippen molar-refractivity contribution in [3.05, 3.63) is 71.8 Å². The highest BCUT2D eigenvalue weighted by Gasteiger charge is 1.83. The number of carbonyl (C=O) groups excluding carboxylic acids is 1. The van der Waals surface area contributed by atoms with E-state index in [0.717, 1.165) is 17.4 Å². The zero-order chi connectivity index (χ0) is 19.3. The first kappa shape index (κ1) is 11.0. The van der Waals surface area contributed by atoms with Gasteiger partial charge < -0.3 is 11.1 Å². The van der Waals surface area contributed by atoms with Crippen LogP contribution in [0.25, 0.3) is 0 Å². The molecule has 0 aliphatic heterocycles. The third-order valence-corrected chi connectivity index (χ3v) is 2.07. The Labute approximate surface area is 136 Å². The van der Waals surface area contributed by atoms with E-state index in [9.17, 15) is 4.79 Å². The molecule has 0 amide bonds. The molecule has 0 saturated heterocycles. The first-order valence-electron chi connectivity index (χ1n) is 8.59. The summed E-state index contributed by atoms with van der Waals surface area (Å²) in [6.45, 7) is -3.91. The maximum atomic E-state index is 10.0. The van der Waals surface area contributed by atoms with Gasteiger partial charge in [-0.15, -0.1) is 12.4 Å². The smallest absolute Gasteiger partial charge is 0.150 e. The van der Waals surface area contributed by atoms with E-state index in [1.807, 2.05) is 48.5 Å². The van der Waals surface area contributed by atoms with Crippen LogP contribution in [0.2, 0.25) is 0 Å². The summed E-state index contributed by atoms with van der Waals surface area (Å²) in [6.07, 6.45) is 0.833. The van der Waals surface area contributed by atoms with Crippen LogP contribution in [0.3, 0.4) is 0 Å². The van der Waals surface area contributed by atoms with E-state index in [1.54, 1.807) is 12.1 Å². The van der Waals surface area contributed by atoms with Crippen molar-refractivity contribution in [3.63, 3.8) is 0 Å². The molecule has 20 heavy (non-hydrogen) atoms. The summed E-state index contributed by atoms with van der Waals surface area (Å²) in [7, 11) is 0. The van der Waals surface area contributed by atoms with Gasteiger partial charge in [-0.25, -0.2) is 0 Å². The quantitative estimate of drug-likeness (QED) is 0.857. The number of nitrogens with two attached hydrogens (primary N) is 1. The van der Waals surface area contributed by atoms with Crippen molar-refractivity contribution in [1.82, 2.24) is 5.32 Å². The first-order valence-corrected chi connectivity index (χ1v) is 5.59. The Hall–Kier alpha value is -1.68. The van der Waals surface area contributed by atoms with Crippen LogP contribution in [0.4, 0.5) is 0 Å². The highest BCUT2D eigenvalue weighted by molar-refractivity contribution is 5.85. The van der Waals surface area contributed by atoms with Crippen molar-refractivity contribution in [2.45, 2.75) is 6.54 Å². The van der Waals surface area contributed by atoms with Gasteiger partial charge in [-0.3, -0.25) is 4.79 Å². The molecule has 110 valence electrons. The second-order valence-electron chi connectivity index (χ2n) is 3.37. The Morgan fingerprint density at radius 2 is 1.60 bits per heavy atom. The molecule has 0 radical (unpaired) electrons. The molecule has 3 nitrogen and oxygen atoms in total. The topological polar surface area (TPSA) is 55.1 Å². The van der Waals surface area contributed by atoms with Crippen LogP contribution in [0.1, 0.15) is 24.1 Å². The maximum absolute atomic E-state index is 10.0. The summed E-state index contributed by atoms with van der Waals surface area (Å²) in [5.74, 6) is 0. The Morgan fingerprint density at radius 1 is 1.10 bits per heavy atom. The summed E-state index contributed by atoms with van der Waals surface area (Å²) in [5, 5.41) is 2.44. The lowest BCUT2D eigenvalue weighted by Gasteiger charge is -1.95. The average molecular weight is 301 g/mol. The summed E-state index contributed by atoms with van der Waals surface area (Å²) < 4.78 is 38.9. The van der Waals surface area contributed by atoms with Gasteiger partial charge in [0.1, 0.15) is 6.29 Å². The fourth-order valence-corrected chi connectivity index (χ4v) is 1.23. The summed E-state index contributed by atoms with van der Waals surface area (Å²) in [4.78, 5) is 10.0. The monoisotopic (exact) mass is 300 g/mol. The van der Waals surface area contributed by atoms with Gasteiger partial charge in [0, 0.05) is 20.3 Å². The van der Waals surface area contributed by atoms with Crippen molar-refractivity contribution in [3.8, 4) is 0 Å². The molecule has 2 rings (SSSR count). The van der Waals surface area contributed by atoms with E-state index in [1.165, 1.54) is 0 Å². The lowest BCUT2D eigenvalue weighted by Crippen LogP contribution is -2.04. The lowest BCUT2D eigenvalue weighted by molar-refractivity contribution is 0.112. The van der Waals surface area contributed by atoms with Gasteiger partial charge in [0.2, 0.25) is 0 Å². The zero-order valence-electron chi connectivity index (χ0n) is 17.0. The highest BCUT2D eigenvalue weighted by Crippen LogP contribution is 1.95. The summed E-state index contributed by atoms with van der Waals surface area (Å²) in [6, 6.07) is 18.5. The molecule has 0 heterocycles. The molecular formula is C16H23ClN2O. The molecule has 0 atom stereocenters. The fourth-order valence-electron chi connectivity index (χ4n) is 1.23. The number of carbonyl (C=O) groups is 1. The molecular weight excluding hydrogens is 272 g/mol. The third kappa shape index (κ3) is 10.3. The standard InChI is InChI=1S/C8H11N.C7H6O.CH5N.ClH/c1-9-7-8-5-3-2-4-6-8;8-6-7-4-2-1-3-5-7;1-2;/h2-6,9H,7H2,1H3;1-6H;2H2,1H3;1H/i1D3;;1D3;. The molecule has 0 aliphatic rings. The van der Waals surface area contributed by atoms with Crippen LogP contribution >= 0.6 is 12.4 Å². The molecule has 2 aromatic carbocycles. The van der Waals surface area contributed by atoms with E-state index in [0.29, 0.717) is 6.54 Å². The molecule has 0 aliphatic carbocycles. The van der Waals surface area contributed by atoms with Crippen LogP contribution in [-0.2, 0) is 6.54 Å².